The van der Waals surface area contributed by atoms with Gasteiger partial charge in [0.1, 0.15) is 0 Å². The number of carbonyl (C=O) groups excluding carboxylic acids is 1. The van der Waals surface area contributed by atoms with E-state index < -0.39 is 15.9 Å². The SMILES string of the molecule is CC(C)c1nc(CNC(=O)c2cc(S(=O)(=O)N(C)C)ccc2Cl)cs1. The van der Waals surface area contributed by atoms with Gasteiger partial charge in [-0.25, -0.2) is 17.7 Å². The molecule has 0 saturated heterocycles. The molecular formula is C16H20ClN3O3S2. The third kappa shape index (κ3) is 4.58. The van der Waals surface area contributed by atoms with Gasteiger partial charge in [0, 0.05) is 25.4 Å². The van der Waals surface area contributed by atoms with Gasteiger partial charge in [-0.05, 0) is 18.2 Å². The van der Waals surface area contributed by atoms with Gasteiger partial charge in [0.2, 0.25) is 10.0 Å². The molecule has 0 unspecified atom stereocenters. The standard InChI is InChI=1S/C16H20ClN3O3S2/c1-10(2)16-19-11(9-24-16)8-18-15(21)13-7-12(5-6-14(13)17)25(22,23)20(3)4/h5-7,9-10H,8H2,1-4H3,(H,18,21). The third-order valence-electron chi connectivity index (χ3n) is 3.45. The van der Waals surface area contributed by atoms with Crippen molar-refractivity contribution in [3.8, 4) is 0 Å². The zero-order valence-electron chi connectivity index (χ0n) is 14.4. The first kappa shape index (κ1) is 19.8. The maximum atomic E-state index is 12.4. The summed E-state index contributed by atoms with van der Waals surface area (Å²) in [6.45, 7) is 4.36. The third-order valence-corrected chi connectivity index (χ3v) is 6.79. The predicted molar refractivity (Wildman–Crippen MR) is 99.7 cm³/mol. The summed E-state index contributed by atoms with van der Waals surface area (Å²) in [7, 11) is -0.781. The van der Waals surface area contributed by atoms with Crippen LogP contribution in [0.1, 0.15) is 40.8 Å². The van der Waals surface area contributed by atoms with Gasteiger partial charge in [-0.2, -0.15) is 0 Å². The van der Waals surface area contributed by atoms with Crippen molar-refractivity contribution >= 4 is 38.9 Å². The molecule has 136 valence electrons. The molecule has 0 aliphatic heterocycles. The highest BCUT2D eigenvalue weighted by Crippen LogP contribution is 2.23. The summed E-state index contributed by atoms with van der Waals surface area (Å²) in [5.74, 6) is -0.114. The smallest absolute Gasteiger partial charge is 0.253 e. The van der Waals surface area contributed by atoms with Gasteiger partial charge in [-0.3, -0.25) is 4.79 Å². The molecule has 0 radical (unpaired) electrons. The van der Waals surface area contributed by atoms with Crippen molar-refractivity contribution < 1.29 is 13.2 Å². The van der Waals surface area contributed by atoms with E-state index in [1.165, 1.54) is 32.3 Å². The molecule has 6 nitrogen and oxygen atoms in total. The lowest BCUT2D eigenvalue weighted by Gasteiger charge is -2.13. The molecule has 0 aliphatic carbocycles. The molecule has 0 bridgehead atoms. The molecule has 2 aromatic rings. The molecule has 9 heteroatoms. The van der Waals surface area contributed by atoms with Gasteiger partial charge < -0.3 is 5.32 Å². The molecule has 1 aromatic heterocycles. The first-order valence-electron chi connectivity index (χ1n) is 7.57. The van der Waals surface area contributed by atoms with Crippen LogP contribution in [0.4, 0.5) is 0 Å². The fourth-order valence-corrected chi connectivity index (χ4v) is 3.95. The summed E-state index contributed by atoms with van der Waals surface area (Å²) in [6, 6.07) is 4.07. The molecule has 1 heterocycles. The number of hydrogen-bond acceptors (Lipinski definition) is 5. The molecule has 1 aromatic carbocycles. The minimum atomic E-state index is -3.64. The average molecular weight is 402 g/mol. The largest absolute Gasteiger partial charge is 0.346 e. The summed E-state index contributed by atoms with van der Waals surface area (Å²) in [5, 5.41) is 5.81. The van der Waals surface area contributed by atoms with Crippen LogP contribution in [0.25, 0.3) is 0 Å². The molecule has 1 amide bonds. The first-order valence-corrected chi connectivity index (χ1v) is 10.3. The van der Waals surface area contributed by atoms with Gasteiger partial charge in [0.15, 0.2) is 0 Å². The number of hydrogen-bond donors (Lipinski definition) is 1. The first-order chi connectivity index (χ1) is 11.6. The van der Waals surface area contributed by atoms with Crippen LogP contribution in [0.3, 0.4) is 0 Å². The highest BCUT2D eigenvalue weighted by atomic mass is 35.5. The number of amides is 1. The van der Waals surface area contributed by atoms with Crippen LogP contribution in [0.2, 0.25) is 5.02 Å². The second-order valence-electron chi connectivity index (χ2n) is 5.94. The Labute approximate surface area is 156 Å². The lowest BCUT2D eigenvalue weighted by atomic mass is 10.2. The molecule has 25 heavy (non-hydrogen) atoms. The van der Waals surface area contributed by atoms with E-state index in [1.54, 1.807) is 11.3 Å². The van der Waals surface area contributed by atoms with Gasteiger partial charge >= 0.3 is 0 Å². The Hall–Kier alpha value is -1.48. The number of rotatable bonds is 6. The number of thiazole rings is 1. The van der Waals surface area contributed by atoms with Crippen molar-refractivity contribution in [2.45, 2.75) is 31.2 Å². The zero-order chi connectivity index (χ0) is 18.8. The Balaban J connectivity index is 2.18. The quantitative estimate of drug-likeness (QED) is 0.806. The topological polar surface area (TPSA) is 79.4 Å². The number of benzene rings is 1. The van der Waals surface area contributed by atoms with E-state index in [9.17, 15) is 13.2 Å². The lowest BCUT2D eigenvalue weighted by molar-refractivity contribution is 0.0950. The molecule has 2 rings (SSSR count). The van der Waals surface area contributed by atoms with Crippen LogP contribution < -0.4 is 5.32 Å². The molecule has 1 N–H and O–H groups in total. The number of nitrogens with one attached hydrogen (secondary N) is 1. The number of halogens is 1. The van der Waals surface area contributed by atoms with E-state index in [0.717, 1.165) is 15.0 Å². The van der Waals surface area contributed by atoms with E-state index >= 15 is 0 Å². The summed E-state index contributed by atoms with van der Waals surface area (Å²) in [6.07, 6.45) is 0. The number of sulfonamides is 1. The summed E-state index contributed by atoms with van der Waals surface area (Å²) >= 11 is 7.61. The van der Waals surface area contributed by atoms with Crippen LogP contribution in [0, 0.1) is 0 Å². The average Bonchev–Trinajstić information content (AvgIpc) is 3.02. The summed E-state index contributed by atoms with van der Waals surface area (Å²) in [4.78, 5) is 16.9. The number of carbonyl (C=O) groups is 1. The van der Waals surface area contributed by atoms with Gasteiger partial charge in [0.05, 0.1) is 32.7 Å². The Morgan fingerprint density at radius 2 is 2.04 bits per heavy atom. The highest BCUT2D eigenvalue weighted by Gasteiger charge is 2.20. The second kappa shape index (κ2) is 7.82. The van der Waals surface area contributed by atoms with E-state index in [4.69, 9.17) is 11.6 Å². The second-order valence-corrected chi connectivity index (χ2v) is 9.39. The molecule has 0 fully saturated rings. The summed E-state index contributed by atoms with van der Waals surface area (Å²) < 4.78 is 25.5. The van der Waals surface area contributed by atoms with Crippen LogP contribution in [0.5, 0.6) is 0 Å². The zero-order valence-corrected chi connectivity index (χ0v) is 16.8. The summed E-state index contributed by atoms with van der Waals surface area (Å²) in [5.41, 5.74) is 0.874. The Kier molecular flexibility index (Phi) is 6.21. The Morgan fingerprint density at radius 1 is 1.36 bits per heavy atom. The maximum Gasteiger partial charge on any atom is 0.253 e. The van der Waals surface area contributed by atoms with Crippen molar-refractivity contribution in [1.82, 2.24) is 14.6 Å². The number of aromatic nitrogens is 1. The number of nitrogens with zero attached hydrogens (tertiary/aromatic N) is 2. The lowest BCUT2D eigenvalue weighted by Crippen LogP contribution is -2.25. The van der Waals surface area contributed by atoms with Crippen molar-refractivity contribution in [3.05, 3.63) is 44.9 Å². The molecule has 0 saturated carbocycles. The molecular weight excluding hydrogens is 382 g/mol. The van der Waals surface area contributed by atoms with Crippen LogP contribution in [-0.2, 0) is 16.6 Å². The normalized spacial score (nSPS) is 12.0. The highest BCUT2D eigenvalue weighted by molar-refractivity contribution is 7.89. The minimum Gasteiger partial charge on any atom is -0.346 e. The maximum absolute atomic E-state index is 12.4. The van der Waals surface area contributed by atoms with Gasteiger partial charge in [0.25, 0.3) is 5.91 Å². The van der Waals surface area contributed by atoms with Gasteiger partial charge in [-0.15, -0.1) is 11.3 Å². The molecule has 0 spiro atoms. The van der Waals surface area contributed by atoms with Crippen molar-refractivity contribution in [3.63, 3.8) is 0 Å². The van der Waals surface area contributed by atoms with Crippen LogP contribution in [-0.4, -0.2) is 37.7 Å². The van der Waals surface area contributed by atoms with E-state index in [2.05, 4.69) is 24.1 Å². The Morgan fingerprint density at radius 3 is 2.60 bits per heavy atom. The van der Waals surface area contributed by atoms with E-state index in [-0.39, 0.29) is 22.0 Å². The fraction of sp³-hybridized carbons (Fsp3) is 0.375. The molecule has 0 aliphatic rings. The van der Waals surface area contributed by atoms with Gasteiger partial charge in [-0.1, -0.05) is 25.4 Å². The van der Waals surface area contributed by atoms with Crippen molar-refractivity contribution in [2.75, 3.05) is 14.1 Å². The minimum absolute atomic E-state index is 0.0165. The van der Waals surface area contributed by atoms with Crippen molar-refractivity contribution in [1.29, 1.82) is 0 Å². The van der Waals surface area contributed by atoms with E-state index in [0.29, 0.717) is 5.92 Å². The van der Waals surface area contributed by atoms with Crippen LogP contribution in [0.15, 0.2) is 28.5 Å². The molecule has 0 atom stereocenters. The predicted octanol–water partition coefficient (Wildman–Crippen LogP) is 3.10. The monoisotopic (exact) mass is 401 g/mol. The van der Waals surface area contributed by atoms with Crippen LogP contribution >= 0.6 is 22.9 Å². The Bertz CT molecular complexity index is 877. The van der Waals surface area contributed by atoms with E-state index in [1.807, 2.05) is 5.38 Å². The van der Waals surface area contributed by atoms with Crippen molar-refractivity contribution in [2.24, 2.45) is 0 Å². The fourth-order valence-electron chi connectivity index (χ4n) is 1.98.